The van der Waals surface area contributed by atoms with Gasteiger partial charge in [-0.05, 0) is 63.4 Å². The topological polar surface area (TPSA) is 61.6 Å². The lowest BCUT2D eigenvalue weighted by Gasteiger charge is -2.12. The third-order valence-corrected chi connectivity index (χ3v) is 4.09. The third kappa shape index (κ3) is 2.77. The highest BCUT2D eigenvalue weighted by Crippen LogP contribution is 2.33. The number of aromatic nitrogens is 2. The predicted molar refractivity (Wildman–Crippen MR) is 81.3 cm³/mol. The molecule has 0 aliphatic rings. The molecule has 19 heavy (non-hydrogen) atoms. The van der Waals surface area contributed by atoms with Gasteiger partial charge >= 0.3 is 0 Å². The van der Waals surface area contributed by atoms with E-state index in [1.807, 2.05) is 32.0 Å². The van der Waals surface area contributed by atoms with Gasteiger partial charge in [0.05, 0.1) is 11.4 Å². The van der Waals surface area contributed by atoms with Crippen molar-refractivity contribution in [3.8, 4) is 6.07 Å². The summed E-state index contributed by atoms with van der Waals surface area (Å²) in [5.74, 6) is 0.457. The van der Waals surface area contributed by atoms with Crippen LogP contribution in [-0.4, -0.2) is 10.2 Å². The summed E-state index contributed by atoms with van der Waals surface area (Å²) in [5, 5.41) is 20.5. The Labute approximate surface area is 128 Å². The fourth-order valence-corrected chi connectivity index (χ4v) is 2.77. The highest BCUT2D eigenvalue weighted by molar-refractivity contribution is 9.11. The van der Waals surface area contributed by atoms with Crippen LogP contribution >= 0.6 is 31.9 Å². The molecule has 96 valence electrons. The van der Waals surface area contributed by atoms with Crippen molar-refractivity contribution in [2.24, 2.45) is 0 Å². The summed E-state index contributed by atoms with van der Waals surface area (Å²) in [6.45, 7) is 3.70. The first kappa shape index (κ1) is 14.0. The maximum absolute atomic E-state index is 9.26. The maximum Gasteiger partial charge on any atom is 0.171 e. The second-order valence-electron chi connectivity index (χ2n) is 3.97. The van der Waals surface area contributed by atoms with E-state index in [1.54, 1.807) is 0 Å². The van der Waals surface area contributed by atoms with Gasteiger partial charge in [-0.1, -0.05) is 6.07 Å². The Kier molecular flexibility index (Phi) is 4.17. The minimum atomic E-state index is 0.457. The number of hydrogen-bond donors (Lipinski definition) is 1. The molecule has 0 radical (unpaired) electrons. The first-order valence-corrected chi connectivity index (χ1v) is 7.08. The summed E-state index contributed by atoms with van der Waals surface area (Å²) < 4.78 is 1.76. The van der Waals surface area contributed by atoms with Gasteiger partial charge < -0.3 is 5.32 Å². The number of anilines is 2. The number of nitrogens with one attached hydrogen (secondary N) is 1. The van der Waals surface area contributed by atoms with Crippen LogP contribution in [0.5, 0.6) is 0 Å². The Morgan fingerprint density at radius 3 is 2.37 bits per heavy atom. The normalized spacial score (nSPS) is 10.1. The molecule has 1 heterocycles. The van der Waals surface area contributed by atoms with Crippen LogP contribution in [0.4, 0.5) is 11.5 Å². The van der Waals surface area contributed by atoms with Crippen molar-refractivity contribution < 1.29 is 0 Å². The lowest BCUT2D eigenvalue weighted by Crippen LogP contribution is -2.04. The van der Waals surface area contributed by atoms with E-state index >= 15 is 0 Å². The zero-order valence-corrected chi connectivity index (χ0v) is 13.5. The van der Waals surface area contributed by atoms with Crippen LogP contribution in [0.15, 0.2) is 27.1 Å². The monoisotopic (exact) mass is 380 g/mol. The lowest BCUT2D eigenvalue weighted by atomic mass is 10.1. The van der Waals surface area contributed by atoms with E-state index < -0.39 is 0 Å². The average molecular weight is 382 g/mol. The fourth-order valence-electron chi connectivity index (χ4n) is 1.57. The largest absolute Gasteiger partial charge is 0.336 e. The molecular formula is C13H10Br2N4. The first-order valence-electron chi connectivity index (χ1n) is 5.49. The van der Waals surface area contributed by atoms with Crippen LogP contribution in [0.1, 0.15) is 16.8 Å². The minimum absolute atomic E-state index is 0.457. The zero-order valence-electron chi connectivity index (χ0n) is 10.3. The average Bonchev–Trinajstić information content (AvgIpc) is 2.38. The van der Waals surface area contributed by atoms with Gasteiger partial charge in [0.15, 0.2) is 5.82 Å². The van der Waals surface area contributed by atoms with Crippen molar-refractivity contribution in [2.45, 2.75) is 13.8 Å². The molecule has 6 heteroatoms. The van der Waals surface area contributed by atoms with Crippen LogP contribution in [0, 0.1) is 25.2 Å². The highest BCUT2D eigenvalue weighted by Gasteiger charge is 2.13. The summed E-state index contributed by atoms with van der Waals surface area (Å²) in [6.07, 6.45) is 0. The van der Waals surface area contributed by atoms with Crippen LogP contribution in [0.25, 0.3) is 0 Å². The molecule has 1 aromatic carbocycles. The van der Waals surface area contributed by atoms with Crippen LogP contribution < -0.4 is 5.32 Å². The number of aryl methyl sites for hydroxylation is 1. The standard InChI is InChI=1S/C13H10Br2N4/c1-7-8(2)18-19-13(9(7)6-16)17-12-10(14)4-3-5-11(12)15/h3-5H,1-2H3,(H,17,19). The summed E-state index contributed by atoms with van der Waals surface area (Å²) in [4.78, 5) is 0. The fraction of sp³-hybridized carbons (Fsp3) is 0.154. The molecule has 0 spiro atoms. The third-order valence-electron chi connectivity index (χ3n) is 2.77. The van der Waals surface area contributed by atoms with Gasteiger partial charge in [-0.25, -0.2) is 0 Å². The van der Waals surface area contributed by atoms with Crippen LogP contribution in [-0.2, 0) is 0 Å². The Bertz CT molecular complexity index is 657. The summed E-state index contributed by atoms with van der Waals surface area (Å²) in [5.41, 5.74) is 2.92. The van der Waals surface area contributed by atoms with E-state index in [-0.39, 0.29) is 0 Å². The number of para-hydroxylation sites is 1. The molecule has 0 bridgehead atoms. The Hall–Kier alpha value is -1.45. The molecule has 0 aliphatic heterocycles. The van der Waals surface area contributed by atoms with Crippen molar-refractivity contribution in [2.75, 3.05) is 5.32 Å². The Morgan fingerprint density at radius 1 is 1.16 bits per heavy atom. The molecule has 1 N–H and O–H groups in total. The van der Waals surface area contributed by atoms with E-state index in [0.717, 1.165) is 25.9 Å². The van der Waals surface area contributed by atoms with Crippen LogP contribution in [0.3, 0.4) is 0 Å². The van der Waals surface area contributed by atoms with Gasteiger partial charge in [-0.3, -0.25) is 0 Å². The van der Waals surface area contributed by atoms with Crippen molar-refractivity contribution in [3.63, 3.8) is 0 Å². The van der Waals surface area contributed by atoms with Gasteiger partial charge in [-0.15, -0.1) is 5.10 Å². The molecule has 0 atom stereocenters. The zero-order chi connectivity index (χ0) is 14.0. The van der Waals surface area contributed by atoms with Gasteiger partial charge in [0.25, 0.3) is 0 Å². The van der Waals surface area contributed by atoms with Crippen LogP contribution in [0.2, 0.25) is 0 Å². The number of benzene rings is 1. The molecular weight excluding hydrogens is 372 g/mol. The Balaban J connectivity index is 2.51. The maximum atomic E-state index is 9.26. The van der Waals surface area contributed by atoms with Crippen molar-refractivity contribution in [1.82, 2.24) is 10.2 Å². The van der Waals surface area contributed by atoms with Gasteiger partial charge in [0.1, 0.15) is 11.6 Å². The molecule has 0 unspecified atom stereocenters. The van der Waals surface area contributed by atoms with E-state index in [4.69, 9.17) is 0 Å². The SMILES string of the molecule is Cc1nnc(Nc2c(Br)cccc2Br)c(C#N)c1C. The van der Waals surface area contributed by atoms with Gasteiger partial charge in [0.2, 0.25) is 0 Å². The van der Waals surface area contributed by atoms with E-state index in [9.17, 15) is 5.26 Å². The summed E-state index contributed by atoms with van der Waals surface area (Å²) >= 11 is 6.92. The molecule has 0 amide bonds. The molecule has 4 nitrogen and oxygen atoms in total. The molecule has 0 saturated carbocycles. The molecule has 1 aromatic heterocycles. The first-order chi connectivity index (χ1) is 9.04. The second kappa shape index (κ2) is 5.68. The van der Waals surface area contributed by atoms with E-state index in [2.05, 4.69) is 53.4 Å². The summed E-state index contributed by atoms with van der Waals surface area (Å²) in [6, 6.07) is 7.90. The summed E-state index contributed by atoms with van der Waals surface area (Å²) in [7, 11) is 0. The van der Waals surface area contributed by atoms with E-state index in [1.165, 1.54) is 0 Å². The predicted octanol–water partition coefficient (Wildman–Crippen LogP) is 4.23. The second-order valence-corrected chi connectivity index (χ2v) is 5.68. The molecule has 0 fully saturated rings. The van der Waals surface area contributed by atoms with Crippen molar-refractivity contribution in [1.29, 1.82) is 5.26 Å². The van der Waals surface area contributed by atoms with Crippen molar-refractivity contribution in [3.05, 3.63) is 44.0 Å². The Morgan fingerprint density at radius 2 is 1.79 bits per heavy atom. The minimum Gasteiger partial charge on any atom is -0.336 e. The van der Waals surface area contributed by atoms with Gasteiger partial charge in [0, 0.05) is 8.95 Å². The van der Waals surface area contributed by atoms with E-state index in [0.29, 0.717) is 11.4 Å². The smallest absolute Gasteiger partial charge is 0.171 e. The number of halogens is 2. The number of nitrogens with zero attached hydrogens (tertiary/aromatic N) is 3. The van der Waals surface area contributed by atoms with Crippen molar-refractivity contribution >= 4 is 43.4 Å². The number of rotatable bonds is 2. The lowest BCUT2D eigenvalue weighted by molar-refractivity contribution is 0.960. The number of nitriles is 1. The molecule has 0 aliphatic carbocycles. The number of hydrogen-bond acceptors (Lipinski definition) is 4. The quantitative estimate of drug-likeness (QED) is 0.845. The molecule has 2 rings (SSSR count). The highest BCUT2D eigenvalue weighted by atomic mass is 79.9. The molecule has 2 aromatic rings. The van der Waals surface area contributed by atoms with Gasteiger partial charge in [-0.2, -0.15) is 10.4 Å². The molecule has 0 saturated heterocycles.